The normalized spacial score (nSPS) is 12.2. The van der Waals surface area contributed by atoms with Crippen LogP contribution in [0.2, 0.25) is 0 Å². The molecule has 1 aromatic heterocycles. The van der Waals surface area contributed by atoms with Crippen LogP contribution in [0.15, 0.2) is 30.5 Å². The Morgan fingerprint density at radius 1 is 1.22 bits per heavy atom. The van der Waals surface area contributed by atoms with Gasteiger partial charge in [-0.1, -0.05) is 0 Å². The highest BCUT2D eigenvalue weighted by Gasteiger charge is 2.08. The van der Waals surface area contributed by atoms with Gasteiger partial charge in [0.05, 0.1) is 7.11 Å². The molecule has 4 nitrogen and oxygen atoms in total. The minimum atomic E-state index is -0.0464. The fraction of sp³-hybridized carbons (Fsp3) is 0.286. The first kappa shape index (κ1) is 12.5. The molecule has 0 aliphatic heterocycles. The van der Waals surface area contributed by atoms with Crippen molar-refractivity contribution >= 4 is 0 Å². The van der Waals surface area contributed by atoms with E-state index < -0.39 is 0 Å². The van der Waals surface area contributed by atoms with Gasteiger partial charge in [0.25, 0.3) is 0 Å². The van der Waals surface area contributed by atoms with Gasteiger partial charge < -0.3 is 10.5 Å². The average Bonchev–Trinajstić information content (AvgIpc) is 2.38. The van der Waals surface area contributed by atoms with Gasteiger partial charge >= 0.3 is 0 Å². The van der Waals surface area contributed by atoms with Crippen molar-refractivity contribution in [2.75, 3.05) is 7.11 Å². The van der Waals surface area contributed by atoms with Crippen molar-refractivity contribution in [1.82, 2.24) is 9.97 Å². The summed E-state index contributed by atoms with van der Waals surface area (Å²) in [5, 5.41) is 0. The smallest absolute Gasteiger partial charge is 0.159 e. The van der Waals surface area contributed by atoms with Crippen molar-refractivity contribution in [2.45, 2.75) is 19.9 Å². The maximum atomic E-state index is 5.84. The van der Waals surface area contributed by atoms with E-state index in [1.807, 2.05) is 38.1 Å². The quantitative estimate of drug-likeness (QED) is 0.899. The van der Waals surface area contributed by atoms with Crippen LogP contribution in [0.25, 0.3) is 11.4 Å². The Morgan fingerprint density at radius 2 is 1.89 bits per heavy atom. The number of nitrogens with zero attached hydrogens (tertiary/aromatic N) is 2. The van der Waals surface area contributed by atoms with Crippen molar-refractivity contribution in [3.05, 3.63) is 41.7 Å². The molecule has 2 N–H and O–H groups in total. The molecule has 1 atom stereocenters. The molecule has 2 rings (SSSR count). The molecule has 0 radical (unpaired) electrons. The largest absolute Gasteiger partial charge is 0.497 e. The van der Waals surface area contributed by atoms with E-state index in [-0.39, 0.29) is 6.04 Å². The molecule has 1 aromatic carbocycles. The lowest BCUT2D eigenvalue weighted by Gasteiger charge is -2.10. The molecule has 0 saturated carbocycles. The third-order valence-corrected chi connectivity index (χ3v) is 2.86. The van der Waals surface area contributed by atoms with Gasteiger partial charge in [0.1, 0.15) is 5.75 Å². The highest BCUT2D eigenvalue weighted by Crippen LogP contribution is 2.21. The first-order valence-electron chi connectivity index (χ1n) is 5.85. The third kappa shape index (κ3) is 2.49. The Morgan fingerprint density at radius 3 is 2.39 bits per heavy atom. The highest BCUT2D eigenvalue weighted by atomic mass is 16.5. The predicted octanol–water partition coefficient (Wildman–Crippen LogP) is 2.48. The summed E-state index contributed by atoms with van der Waals surface area (Å²) in [6.45, 7) is 3.88. The second kappa shape index (κ2) is 5.14. The second-order valence-electron chi connectivity index (χ2n) is 4.25. The summed E-state index contributed by atoms with van der Waals surface area (Å²) in [6, 6.07) is 7.63. The van der Waals surface area contributed by atoms with Crippen molar-refractivity contribution in [3.63, 3.8) is 0 Å². The number of methoxy groups -OCH3 is 1. The Bertz CT molecular complexity index is 535. The van der Waals surface area contributed by atoms with E-state index in [0.29, 0.717) is 5.82 Å². The van der Waals surface area contributed by atoms with Crippen molar-refractivity contribution in [1.29, 1.82) is 0 Å². The molecule has 0 aliphatic rings. The van der Waals surface area contributed by atoms with Gasteiger partial charge in [-0.3, -0.25) is 0 Å². The Balaban J connectivity index is 2.36. The molecule has 0 unspecified atom stereocenters. The fourth-order valence-corrected chi connectivity index (χ4v) is 1.80. The van der Waals surface area contributed by atoms with E-state index in [2.05, 4.69) is 9.97 Å². The summed E-state index contributed by atoms with van der Waals surface area (Å²) in [5.41, 5.74) is 8.71. The van der Waals surface area contributed by atoms with Gasteiger partial charge in [0.2, 0.25) is 0 Å². The topological polar surface area (TPSA) is 61.0 Å². The lowest BCUT2D eigenvalue weighted by molar-refractivity contribution is 0.415. The van der Waals surface area contributed by atoms with Crippen LogP contribution in [0.5, 0.6) is 5.75 Å². The van der Waals surface area contributed by atoms with Crippen LogP contribution in [0.4, 0.5) is 0 Å². The molecule has 0 amide bonds. The number of nitrogens with two attached hydrogens (primary N) is 1. The molecule has 0 aliphatic carbocycles. The summed E-state index contributed by atoms with van der Waals surface area (Å²) in [4.78, 5) is 8.84. The number of benzene rings is 1. The lowest BCUT2D eigenvalue weighted by atomic mass is 10.1. The van der Waals surface area contributed by atoms with Gasteiger partial charge in [0, 0.05) is 29.1 Å². The number of hydrogen-bond donors (Lipinski definition) is 1. The van der Waals surface area contributed by atoms with Crippen LogP contribution in [0.3, 0.4) is 0 Å². The second-order valence-corrected chi connectivity index (χ2v) is 4.25. The summed E-state index contributed by atoms with van der Waals surface area (Å²) in [7, 11) is 1.65. The van der Waals surface area contributed by atoms with E-state index in [9.17, 15) is 0 Å². The van der Waals surface area contributed by atoms with E-state index >= 15 is 0 Å². The molecule has 94 valence electrons. The lowest BCUT2D eigenvalue weighted by Crippen LogP contribution is -2.09. The summed E-state index contributed by atoms with van der Waals surface area (Å²) in [5.74, 6) is 1.53. The van der Waals surface area contributed by atoms with Crippen LogP contribution in [0, 0.1) is 6.92 Å². The monoisotopic (exact) mass is 243 g/mol. The molecular weight excluding hydrogens is 226 g/mol. The third-order valence-electron chi connectivity index (χ3n) is 2.86. The van der Waals surface area contributed by atoms with Crippen LogP contribution >= 0.6 is 0 Å². The van der Waals surface area contributed by atoms with Crippen LogP contribution in [-0.4, -0.2) is 17.1 Å². The zero-order chi connectivity index (χ0) is 13.1. The first-order valence-corrected chi connectivity index (χ1v) is 5.85. The molecule has 2 aromatic rings. The minimum Gasteiger partial charge on any atom is -0.497 e. The van der Waals surface area contributed by atoms with E-state index in [0.717, 1.165) is 22.6 Å². The SMILES string of the molecule is COc1ccc(-c2ncc([C@H](C)N)c(C)n2)cc1. The molecule has 4 heteroatoms. The van der Waals surface area contributed by atoms with Crippen molar-refractivity contribution < 1.29 is 4.74 Å². The van der Waals surface area contributed by atoms with Gasteiger partial charge in [-0.15, -0.1) is 0 Å². The highest BCUT2D eigenvalue weighted by molar-refractivity contribution is 5.56. The van der Waals surface area contributed by atoms with Crippen molar-refractivity contribution in [2.24, 2.45) is 5.73 Å². The van der Waals surface area contributed by atoms with Crippen LogP contribution < -0.4 is 10.5 Å². The van der Waals surface area contributed by atoms with Crippen LogP contribution in [0.1, 0.15) is 24.2 Å². The zero-order valence-electron chi connectivity index (χ0n) is 10.8. The predicted molar refractivity (Wildman–Crippen MR) is 71.4 cm³/mol. The number of ether oxygens (including phenoxy) is 1. The molecule has 0 bridgehead atoms. The molecule has 0 saturated heterocycles. The first-order chi connectivity index (χ1) is 8.61. The maximum Gasteiger partial charge on any atom is 0.159 e. The van der Waals surface area contributed by atoms with Gasteiger partial charge in [-0.05, 0) is 38.1 Å². The maximum absolute atomic E-state index is 5.84. The molecule has 1 heterocycles. The summed E-state index contributed by atoms with van der Waals surface area (Å²) in [6.07, 6.45) is 1.80. The van der Waals surface area contributed by atoms with E-state index in [4.69, 9.17) is 10.5 Å². The molecule has 0 fully saturated rings. The number of aromatic nitrogens is 2. The number of hydrogen-bond acceptors (Lipinski definition) is 4. The average molecular weight is 243 g/mol. The summed E-state index contributed by atoms with van der Waals surface area (Å²) >= 11 is 0. The molecular formula is C14H17N3O. The van der Waals surface area contributed by atoms with Gasteiger partial charge in [-0.2, -0.15) is 0 Å². The van der Waals surface area contributed by atoms with Gasteiger partial charge in [0.15, 0.2) is 5.82 Å². The van der Waals surface area contributed by atoms with Crippen LogP contribution in [-0.2, 0) is 0 Å². The molecule has 0 spiro atoms. The fourth-order valence-electron chi connectivity index (χ4n) is 1.80. The summed E-state index contributed by atoms with van der Waals surface area (Å²) < 4.78 is 5.12. The zero-order valence-corrected chi connectivity index (χ0v) is 10.8. The van der Waals surface area contributed by atoms with Crippen molar-refractivity contribution in [3.8, 4) is 17.1 Å². The number of aryl methyl sites for hydroxylation is 1. The Labute approximate surface area is 107 Å². The standard InChI is InChI=1S/C14H17N3O/c1-9(15)13-8-16-14(17-10(13)2)11-4-6-12(18-3)7-5-11/h4-9H,15H2,1-3H3/t9-/m0/s1. The Hall–Kier alpha value is -1.94. The Kier molecular flexibility index (Phi) is 3.58. The van der Waals surface area contributed by atoms with Gasteiger partial charge in [-0.25, -0.2) is 9.97 Å². The minimum absolute atomic E-state index is 0.0464. The van der Waals surface area contributed by atoms with E-state index in [1.54, 1.807) is 13.3 Å². The van der Waals surface area contributed by atoms with E-state index in [1.165, 1.54) is 0 Å². The number of rotatable bonds is 3. The molecule has 18 heavy (non-hydrogen) atoms.